The maximum atomic E-state index is 6.31. The largest absolute Gasteiger partial charge is 0.324 e. The van der Waals surface area contributed by atoms with Crippen molar-refractivity contribution in [1.82, 2.24) is 0 Å². The third-order valence-corrected chi connectivity index (χ3v) is 3.62. The van der Waals surface area contributed by atoms with Gasteiger partial charge >= 0.3 is 0 Å². The van der Waals surface area contributed by atoms with Gasteiger partial charge in [-0.3, -0.25) is 0 Å². The van der Waals surface area contributed by atoms with Crippen molar-refractivity contribution < 1.29 is 0 Å². The van der Waals surface area contributed by atoms with E-state index in [4.69, 9.17) is 5.73 Å². The first kappa shape index (κ1) is 12.3. The average molecular weight is 205 g/mol. The summed E-state index contributed by atoms with van der Waals surface area (Å²) >= 11 is 0. The molecule has 2 N–H and O–H groups in total. The van der Waals surface area contributed by atoms with Crippen molar-refractivity contribution in [3.8, 4) is 0 Å². The maximum Gasteiger partial charge on any atom is 0.0326 e. The lowest BCUT2D eigenvalue weighted by atomic mass is 9.84. The van der Waals surface area contributed by atoms with Crippen LogP contribution < -0.4 is 5.73 Å². The summed E-state index contributed by atoms with van der Waals surface area (Å²) in [6.07, 6.45) is 0. The summed E-state index contributed by atoms with van der Waals surface area (Å²) in [5, 5.41) is 0. The van der Waals surface area contributed by atoms with Gasteiger partial charge in [0.1, 0.15) is 0 Å². The Bertz CT molecular complexity index is 328. The molecule has 0 saturated heterocycles. The first-order valence-corrected chi connectivity index (χ1v) is 5.76. The molecular formula is C14H23N. The summed E-state index contributed by atoms with van der Waals surface area (Å²) < 4.78 is 0. The second-order valence-electron chi connectivity index (χ2n) is 4.92. The van der Waals surface area contributed by atoms with Crippen LogP contribution in [0, 0.1) is 25.7 Å². The molecule has 2 unspecified atom stereocenters. The number of aryl methyl sites for hydroxylation is 1. The summed E-state index contributed by atoms with van der Waals surface area (Å²) in [4.78, 5) is 0. The van der Waals surface area contributed by atoms with Crippen LogP contribution in [0.15, 0.2) is 18.2 Å². The van der Waals surface area contributed by atoms with Crippen LogP contribution in [0.4, 0.5) is 0 Å². The number of hydrogen-bond donors (Lipinski definition) is 1. The van der Waals surface area contributed by atoms with Crippen molar-refractivity contribution in [2.24, 2.45) is 17.6 Å². The fourth-order valence-corrected chi connectivity index (χ4v) is 1.83. The maximum absolute atomic E-state index is 6.31. The highest BCUT2D eigenvalue weighted by molar-refractivity contribution is 5.35. The van der Waals surface area contributed by atoms with E-state index >= 15 is 0 Å². The first-order chi connectivity index (χ1) is 6.95. The highest BCUT2D eigenvalue weighted by Gasteiger charge is 2.19. The van der Waals surface area contributed by atoms with Gasteiger partial charge in [0, 0.05) is 6.04 Å². The van der Waals surface area contributed by atoms with E-state index in [-0.39, 0.29) is 6.04 Å². The van der Waals surface area contributed by atoms with Gasteiger partial charge in [0.25, 0.3) is 0 Å². The summed E-state index contributed by atoms with van der Waals surface area (Å²) in [6.45, 7) is 11.0. The molecule has 0 aromatic heterocycles. The van der Waals surface area contributed by atoms with Gasteiger partial charge in [-0.15, -0.1) is 0 Å². The van der Waals surface area contributed by atoms with Gasteiger partial charge in [0.2, 0.25) is 0 Å². The zero-order valence-corrected chi connectivity index (χ0v) is 10.5. The molecule has 0 bridgehead atoms. The van der Waals surface area contributed by atoms with Crippen LogP contribution in [-0.2, 0) is 0 Å². The Morgan fingerprint density at radius 1 is 1.07 bits per heavy atom. The molecule has 1 nitrogen and oxygen atoms in total. The molecule has 0 radical (unpaired) electrons. The topological polar surface area (TPSA) is 26.0 Å². The molecule has 0 aliphatic rings. The Hall–Kier alpha value is -0.820. The minimum absolute atomic E-state index is 0.157. The molecule has 1 heteroatoms. The SMILES string of the molecule is Cc1cccc(C(N)C(C)C(C)C)c1C. The molecule has 1 aromatic rings. The Morgan fingerprint density at radius 3 is 2.20 bits per heavy atom. The average Bonchev–Trinajstić information content (AvgIpc) is 2.20. The molecule has 15 heavy (non-hydrogen) atoms. The molecular weight excluding hydrogens is 182 g/mol. The Kier molecular flexibility index (Phi) is 3.92. The predicted molar refractivity (Wildman–Crippen MR) is 66.8 cm³/mol. The summed E-state index contributed by atoms with van der Waals surface area (Å²) in [6, 6.07) is 6.56. The number of rotatable bonds is 3. The third kappa shape index (κ3) is 2.60. The van der Waals surface area contributed by atoms with Crippen LogP contribution in [0.25, 0.3) is 0 Å². The molecule has 1 rings (SSSR count). The van der Waals surface area contributed by atoms with Crippen molar-refractivity contribution in [3.63, 3.8) is 0 Å². The van der Waals surface area contributed by atoms with E-state index < -0.39 is 0 Å². The molecule has 0 spiro atoms. The van der Waals surface area contributed by atoms with Gasteiger partial charge in [0.15, 0.2) is 0 Å². The Balaban J connectivity index is 3.01. The Morgan fingerprint density at radius 2 is 1.67 bits per heavy atom. The molecule has 0 heterocycles. The quantitative estimate of drug-likeness (QED) is 0.801. The summed E-state index contributed by atoms with van der Waals surface area (Å²) in [7, 11) is 0. The van der Waals surface area contributed by atoms with Crippen LogP contribution in [0.1, 0.15) is 43.5 Å². The smallest absolute Gasteiger partial charge is 0.0326 e. The second kappa shape index (κ2) is 4.80. The van der Waals surface area contributed by atoms with Crippen molar-refractivity contribution in [2.75, 3.05) is 0 Å². The lowest BCUT2D eigenvalue weighted by molar-refractivity contribution is 0.351. The van der Waals surface area contributed by atoms with Gasteiger partial charge in [0.05, 0.1) is 0 Å². The van der Waals surface area contributed by atoms with Crippen LogP contribution in [0.5, 0.6) is 0 Å². The lowest BCUT2D eigenvalue weighted by Gasteiger charge is -2.25. The van der Waals surface area contributed by atoms with Gasteiger partial charge in [-0.1, -0.05) is 39.0 Å². The molecule has 0 saturated carbocycles. The molecule has 0 amide bonds. The predicted octanol–water partition coefficient (Wildman–Crippen LogP) is 3.60. The molecule has 1 aromatic carbocycles. The third-order valence-electron chi connectivity index (χ3n) is 3.62. The van der Waals surface area contributed by atoms with E-state index in [0.717, 1.165) is 0 Å². The van der Waals surface area contributed by atoms with Crippen LogP contribution in [0.2, 0.25) is 0 Å². The standard InChI is InChI=1S/C14H23N/c1-9(2)11(4)14(15)13-8-6-7-10(3)12(13)5/h6-9,11,14H,15H2,1-5H3. The van der Waals surface area contributed by atoms with Crippen molar-refractivity contribution in [1.29, 1.82) is 0 Å². The minimum Gasteiger partial charge on any atom is -0.324 e. The zero-order valence-electron chi connectivity index (χ0n) is 10.5. The number of hydrogen-bond acceptors (Lipinski definition) is 1. The first-order valence-electron chi connectivity index (χ1n) is 5.76. The second-order valence-corrected chi connectivity index (χ2v) is 4.92. The van der Waals surface area contributed by atoms with E-state index in [0.29, 0.717) is 11.8 Å². The van der Waals surface area contributed by atoms with E-state index in [1.165, 1.54) is 16.7 Å². The van der Waals surface area contributed by atoms with Crippen molar-refractivity contribution in [3.05, 3.63) is 34.9 Å². The van der Waals surface area contributed by atoms with E-state index in [2.05, 4.69) is 52.8 Å². The normalized spacial score (nSPS) is 15.4. The highest BCUT2D eigenvalue weighted by atomic mass is 14.7. The van der Waals surface area contributed by atoms with Crippen molar-refractivity contribution in [2.45, 2.75) is 40.7 Å². The van der Waals surface area contributed by atoms with Crippen molar-refractivity contribution >= 4 is 0 Å². The van der Waals surface area contributed by atoms with Crippen LogP contribution >= 0.6 is 0 Å². The van der Waals surface area contributed by atoms with Gasteiger partial charge in [-0.05, 0) is 42.4 Å². The van der Waals surface area contributed by atoms with Gasteiger partial charge in [-0.2, -0.15) is 0 Å². The molecule has 2 atom stereocenters. The van der Waals surface area contributed by atoms with E-state index in [1.54, 1.807) is 0 Å². The van der Waals surface area contributed by atoms with Gasteiger partial charge in [-0.25, -0.2) is 0 Å². The van der Waals surface area contributed by atoms with Gasteiger partial charge < -0.3 is 5.73 Å². The highest BCUT2D eigenvalue weighted by Crippen LogP contribution is 2.28. The summed E-state index contributed by atoms with van der Waals surface area (Å²) in [5.41, 5.74) is 10.3. The fraction of sp³-hybridized carbons (Fsp3) is 0.571. The van der Waals surface area contributed by atoms with E-state index in [9.17, 15) is 0 Å². The zero-order chi connectivity index (χ0) is 11.6. The molecule has 0 aliphatic carbocycles. The monoisotopic (exact) mass is 205 g/mol. The lowest BCUT2D eigenvalue weighted by Crippen LogP contribution is -2.24. The molecule has 84 valence electrons. The number of benzene rings is 1. The fourth-order valence-electron chi connectivity index (χ4n) is 1.83. The van der Waals surface area contributed by atoms with E-state index in [1.807, 2.05) is 0 Å². The summed E-state index contributed by atoms with van der Waals surface area (Å²) in [5.74, 6) is 1.14. The molecule has 0 aliphatic heterocycles. The minimum atomic E-state index is 0.157. The Labute approximate surface area is 93.7 Å². The molecule has 0 fully saturated rings. The van der Waals surface area contributed by atoms with Crippen LogP contribution in [0.3, 0.4) is 0 Å². The number of nitrogens with two attached hydrogens (primary N) is 1. The van der Waals surface area contributed by atoms with Crippen LogP contribution in [-0.4, -0.2) is 0 Å².